The molecule has 0 unspecified atom stereocenters. The van der Waals surface area contributed by atoms with Crippen LogP contribution in [0.3, 0.4) is 0 Å². The van der Waals surface area contributed by atoms with E-state index in [9.17, 15) is 23.1 Å². The highest BCUT2D eigenvalue weighted by Gasteiger charge is 2.26. The van der Waals surface area contributed by atoms with Gasteiger partial charge in [-0.1, -0.05) is 35.3 Å². The number of aromatic nitrogens is 2. The molecule has 0 radical (unpaired) electrons. The van der Waals surface area contributed by atoms with Gasteiger partial charge in [-0.15, -0.1) is 0 Å². The van der Waals surface area contributed by atoms with Crippen molar-refractivity contribution in [3.8, 4) is 0 Å². The van der Waals surface area contributed by atoms with E-state index >= 15 is 0 Å². The fraction of sp³-hybridized carbons (Fsp3) is 0.0909. The lowest BCUT2D eigenvalue weighted by molar-refractivity contribution is -0.139. The maximum Gasteiger partial charge on any atom is 0.326 e. The monoisotopic (exact) mass is 550 g/mol. The minimum Gasteiger partial charge on any atom is -0.480 e. The molecule has 2 aromatic heterocycles. The van der Waals surface area contributed by atoms with Crippen LogP contribution < -0.4 is 10.0 Å². The summed E-state index contributed by atoms with van der Waals surface area (Å²) < 4.78 is 33.2. The topological polar surface area (TPSA) is 138 Å². The zero-order valence-corrected chi connectivity index (χ0v) is 20.7. The molecule has 9 nitrogen and oxygen atoms in total. The number of pyridine rings is 1. The van der Waals surface area contributed by atoms with Gasteiger partial charge < -0.3 is 10.4 Å². The molecule has 13 heteroatoms. The van der Waals surface area contributed by atoms with Crippen LogP contribution in [-0.2, 0) is 21.2 Å². The van der Waals surface area contributed by atoms with Crippen LogP contribution in [0.25, 0.3) is 10.1 Å². The first-order chi connectivity index (χ1) is 16.6. The number of halogens is 2. The molecule has 0 spiro atoms. The molecule has 0 fully saturated rings. The number of nitrogens with zero attached hydrogens (tertiary/aromatic N) is 2. The fourth-order valence-electron chi connectivity index (χ4n) is 3.26. The molecule has 1 amide bonds. The van der Waals surface area contributed by atoms with E-state index in [1.807, 2.05) is 0 Å². The van der Waals surface area contributed by atoms with Gasteiger partial charge in [-0.25, -0.2) is 9.78 Å². The van der Waals surface area contributed by atoms with E-state index in [2.05, 4.69) is 19.4 Å². The third-order valence-corrected chi connectivity index (χ3v) is 7.50. The summed E-state index contributed by atoms with van der Waals surface area (Å²) in [5.41, 5.74) is 0.390. The van der Waals surface area contributed by atoms with E-state index in [0.29, 0.717) is 20.7 Å². The van der Waals surface area contributed by atoms with E-state index in [4.69, 9.17) is 23.2 Å². The molecule has 0 saturated carbocycles. The van der Waals surface area contributed by atoms with Crippen LogP contribution in [0.2, 0.25) is 10.0 Å². The van der Waals surface area contributed by atoms with Crippen LogP contribution >= 0.6 is 34.7 Å². The van der Waals surface area contributed by atoms with Crippen molar-refractivity contribution < 1.29 is 23.1 Å². The number of carbonyl (C=O) groups is 2. The third kappa shape index (κ3) is 5.70. The van der Waals surface area contributed by atoms with Crippen LogP contribution in [0, 0.1) is 0 Å². The first kappa shape index (κ1) is 24.9. The third-order valence-electron chi connectivity index (χ3n) is 4.93. The number of carbonyl (C=O) groups excluding carboxylic acids is 1. The number of anilines is 1. The largest absolute Gasteiger partial charge is 0.480 e. The Kier molecular flexibility index (Phi) is 7.22. The first-order valence-corrected chi connectivity index (χ1v) is 12.9. The smallest absolute Gasteiger partial charge is 0.326 e. The fourth-order valence-corrected chi connectivity index (χ4v) is 5.48. The molecule has 0 saturated heterocycles. The molecule has 35 heavy (non-hydrogen) atoms. The van der Waals surface area contributed by atoms with Gasteiger partial charge in [-0.3, -0.25) is 9.52 Å². The second-order valence-electron chi connectivity index (χ2n) is 7.34. The highest BCUT2D eigenvalue weighted by molar-refractivity contribution is 7.92. The minimum absolute atomic E-state index is 0.0169. The van der Waals surface area contributed by atoms with Crippen molar-refractivity contribution in [3.63, 3.8) is 0 Å². The summed E-state index contributed by atoms with van der Waals surface area (Å²) in [5, 5.41) is 12.8. The van der Waals surface area contributed by atoms with Crippen molar-refractivity contribution >= 4 is 72.4 Å². The maximum absolute atomic E-state index is 13.1. The van der Waals surface area contributed by atoms with Gasteiger partial charge >= 0.3 is 5.97 Å². The molecule has 2 aromatic carbocycles. The normalized spacial score (nSPS) is 12.3. The number of carboxylic acid groups (broad SMARTS) is 1. The summed E-state index contributed by atoms with van der Waals surface area (Å²) in [6.07, 6.45) is 2.72. The Hall–Kier alpha value is -3.25. The predicted molar refractivity (Wildman–Crippen MR) is 134 cm³/mol. The SMILES string of the molecule is O=C(N[C@@H](Cc1ccc(Cl)cc1)C(=O)O)c1cc(Cl)ccc1NS(=O)(=O)c1nccc2sncc12. The number of hydrogen-bond donors (Lipinski definition) is 3. The zero-order chi connectivity index (χ0) is 25.2. The highest BCUT2D eigenvalue weighted by atomic mass is 35.5. The summed E-state index contributed by atoms with van der Waals surface area (Å²) >= 11 is 13.0. The second kappa shape index (κ2) is 10.2. The number of nitrogens with one attached hydrogen (secondary N) is 2. The Morgan fingerprint density at radius 2 is 1.77 bits per heavy atom. The van der Waals surface area contributed by atoms with Crippen LogP contribution in [-0.4, -0.2) is 40.8 Å². The lowest BCUT2D eigenvalue weighted by Gasteiger charge is -2.17. The summed E-state index contributed by atoms with van der Waals surface area (Å²) in [5.74, 6) is -2.09. The van der Waals surface area contributed by atoms with E-state index in [-0.39, 0.29) is 27.7 Å². The van der Waals surface area contributed by atoms with Gasteiger partial charge in [0.15, 0.2) is 5.03 Å². The summed E-state index contributed by atoms with van der Waals surface area (Å²) in [4.78, 5) is 28.8. The van der Waals surface area contributed by atoms with Crippen LogP contribution in [0.1, 0.15) is 15.9 Å². The van der Waals surface area contributed by atoms with Gasteiger partial charge in [-0.05, 0) is 53.5 Å². The molecule has 4 rings (SSSR count). The Morgan fingerprint density at radius 3 is 2.49 bits per heavy atom. The van der Waals surface area contributed by atoms with Gasteiger partial charge in [0.25, 0.3) is 15.9 Å². The summed E-state index contributed by atoms with van der Waals surface area (Å²) in [6.45, 7) is 0. The van der Waals surface area contributed by atoms with Gasteiger partial charge in [0.2, 0.25) is 0 Å². The number of aliphatic carboxylic acids is 1. The van der Waals surface area contributed by atoms with Crippen LogP contribution in [0.15, 0.2) is 66.0 Å². The molecular weight excluding hydrogens is 535 g/mol. The van der Waals surface area contributed by atoms with E-state index in [1.54, 1.807) is 30.3 Å². The van der Waals surface area contributed by atoms with Crippen LogP contribution in [0.5, 0.6) is 0 Å². The minimum atomic E-state index is -4.22. The Morgan fingerprint density at radius 1 is 1.06 bits per heavy atom. The van der Waals surface area contributed by atoms with Crippen LogP contribution in [0.4, 0.5) is 5.69 Å². The maximum atomic E-state index is 13.1. The van der Waals surface area contributed by atoms with Gasteiger partial charge in [0.05, 0.1) is 27.5 Å². The average molecular weight is 551 g/mol. The number of benzene rings is 2. The predicted octanol–water partition coefficient (Wildman–Crippen LogP) is 4.22. The molecular formula is C22H16Cl2N4O5S2. The number of sulfonamides is 1. The number of amides is 1. The summed E-state index contributed by atoms with van der Waals surface area (Å²) in [7, 11) is -4.22. The van der Waals surface area contributed by atoms with Gasteiger partial charge in [-0.2, -0.15) is 12.8 Å². The average Bonchev–Trinajstić information content (AvgIpc) is 3.29. The van der Waals surface area contributed by atoms with Crippen molar-refractivity contribution in [1.82, 2.24) is 14.7 Å². The number of carboxylic acids is 1. The Labute approximate surface area is 213 Å². The first-order valence-electron chi connectivity index (χ1n) is 9.94. The van der Waals surface area contributed by atoms with E-state index in [0.717, 1.165) is 11.5 Å². The van der Waals surface area contributed by atoms with Crippen molar-refractivity contribution in [1.29, 1.82) is 0 Å². The second-order valence-corrected chi connectivity index (χ2v) is 10.6. The molecule has 4 aromatic rings. The molecule has 0 aliphatic heterocycles. The highest BCUT2D eigenvalue weighted by Crippen LogP contribution is 2.27. The molecule has 180 valence electrons. The molecule has 0 bridgehead atoms. The van der Waals surface area contributed by atoms with Crippen molar-refractivity contribution in [2.24, 2.45) is 0 Å². The Bertz CT molecular complexity index is 1520. The zero-order valence-electron chi connectivity index (χ0n) is 17.6. The number of hydrogen-bond acceptors (Lipinski definition) is 7. The quantitative estimate of drug-likeness (QED) is 0.298. The van der Waals surface area contributed by atoms with E-state index in [1.165, 1.54) is 30.6 Å². The van der Waals surface area contributed by atoms with E-state index < -0.39 is 27.9 Å². The number of rotatable bonds is 8. The molecule has 2 heterocycles. The lowest BCUT2D eigenvalue weighted by Crippen LogP contribution is -2.42. The van der Waals surface area contributed by atoms with Gasteiger partial charge in [0.1, 0.15) is 6.04 Å². The lowest BCUT2D eigenvalue weighted by atomic mass is 10.1. The van der Waals surface area contributed by atoms with Crippen molar-refractivity contribution in [3.05, 3.63) is 82.1 Å². The standard InChI is InChI=1S/C22H16Cl2N4O5S2/c23-13-3-1-12(2-4-13)9-18(22(30)31)27-20(29)15-10-14(24)5-6-17(15)28-35(32,33)21-16-11-26-34-19(16)7-8-25-21/h1-8,10-11,18,28H,9H2,(H,27,29)(H,30,31)/t18-/m0/s1. The molecule has 0 aliphatic carbocycles. The number of fused-ring (bicyclic) bond motifs is 1. The van der Waals surface area contributed by atoms with Crippen molar-refractivity contribution in [2.75, 3.05) is 4.72 Å². The Balaban J connectivity index is 1.62. The molecule has 1 atom stereocenters. The van der Waals surface area contributed by atoms with Crippen molar-refractivity contribution in [2.45, 2.75) is 17.5 Å². The van der Waals surface area contributed by atoms with Gasteiger partial charge in [0, 0.05) is 22.7 Å². The molecule has 0 aliphatic rings. The summed E-state index contributed by atoms with van der Waals surface area (Å²) in [6, 6.07) is 10.8. The molecule has 3 N–H and O–H groups in total.